The molecule has 1 atom stereocenters. The van der Waals surface area contributed by atoms with E-state index in [1.54, 1.807) is 0 Å². The van der Waals surface area contributed by atoms with E-state index in [-0.39, 0.29) is 18.1 Å². The molecule has 0 saturated carbocycles. The molecular formula is C9H8FN3O5S. The van der Waals surface area contributed by atoms with Crippen molar-refractivity contribution in [1.29, 1.82) is 0 Å². The highest BCUT2D eigenvalue weighted by atomic mass is 32.3. The van der Waals surface area contributed by atoms with Crippen molar-refractivity contribution < 1.29 is 27.0 Å². The molecule has 1 saturated heterocycles. The number of anilines is 1. The van der Waals surface area contributed by atoms with Crippen molar-refractivity contribution in [1.82, 2.24) is 9.97 Å². The lowest BCUT2D eigenvalue weighted by Gasteiger charge is -2.13. The van der Waals surface area contributed by atoms with E-state index >= 15 is 0 Å². The van der Waals surface area contributed by atoms with Crippen molar-refractivity contribution in [2.75, 3.05) is 11.4 Å². The van der Waals surface area contributed by atoms with E-state index in [1.165, 1.54) is 0 Å². The monoisotopic (exact) mass is 289 g/mol. The van der Waals surface area contributed by atoms with Crippen LogP contribution in [0.5, 0.6) is 0 Å². The van der Waals surface area contributed by atoms with Gasteiger partial charge in [0.15, 0.2) is 0 Å². The lowest BCUT2D eigenvalue weighted by Crippen LogP contribution is -2.28. The van der Waals surface area contributed by atoms with E-state index in [4.69, 9.17) is 5.11 Å². The SMILES string of the molecule is O=C(O)c1cnc(N2CC(S(=O)(=O)F)CC2=O)nc1. The maximum Gasteiger partial charge on any atom is 0.338 e. The van der Waals surface area contributed by atoms with Crippen LogP contribution in [0.15, 0.2) is 12.4 Å². The van der Waals surface area contributed by atoms with Gasteiger partial charge in [-0.05, 0) is 0 Å². The van der Waals surface area contributed by atoms with Gasteiger partial charge in [0.05, 0.1) is 5.56 Å². The molecule has 0 spiro atoms. The summed E-state index contributed by atoms with van der Waals surface area (Å²) in [6.45, 7) is -0.385. The zero-order chi connectivity index (χ0) is 14.2. The number of nitrogens with zero attached hydrogens (tertiary/aromatic N) is 3. The van der Waals surface area contributed by atoms with Gasteiger partial charge in [0.25, 0.3) is 0 Å². The molecule has 0 aliphatic carbocycles. The number of carbonyl (C=O) groups excluding carboxylic acids is 1. The molecule has 2 rings (SSSR count). The Morgan fingerprint density at radius 2 is 2.00 bits per heavy atom. The van der Waals surface area contributed by atoms with Gasteiger partial charge in [0.2, 0.25) is 11.9 Å². The molecule has 1 fully saturated rings. The maximum atomic E-state index is 12.8. The van der Waals surface area contributed by atoms with Gasteiger partial charge in [-0.2, -0.15) is 8.42 Å². The second-order valence-corrected chi connectivity index (χ2v) is 5.50. The summed E-state index contributed by atoms with van der Waals surface area (Å²) in [5, 5.41) is 7.21. The molecule has 1 aliphatic rings. The molecule has 1 aromatic rings. The smallest absolute Gasteiger partial charge is 0.338 e. The number of aromatic nitrogens is 2. The van der Waals surface area contributed by atoms with Gasteiger partial charge in [-0.3, -0.25) is 9.69 Å². The zero-order valence-electron chi connectivity index (χ0n) is 9.35. The third-order valence-electron chi connectivity index (χ3n) is 2.61. The summed E-state index contributed by atoms with van der Waals surface area (Å²) >= 11 is 0. The van der Waals surface area contributed by atoms with Crippen LogP contribution < -0.4 is 4.90 Å². The number of amides is 1. The van der Waals surface area contributed by atoms with Crippen LogP contribution in [0.1, 0.15) is 16.8 Å². The number of hydrogen-bond acceptors (Lipinski definition) is 6. The first-order valence-corrected chi connectivity index (χ1v) is 6.53. The Morgan fingerprint density at radius 3 is 2.42 bits per heavy atom. The molecule has 2 heterocycles. The molecule has 0 bridgehead atoms. The van der Waals surface area contributed by atoms with Crippen LogP contribution in [-0.2, 0) is 15.0 Å². The molecule has 1 aliphatic heterocycles. The van der Waals surface area contributed by atoms with Crippen LogP contribution in [-0.4, -0.2) is 47.2 Å². The van der Waals surface area contributed by atoms with Gasteiger partial charge in [-0.15, -0.1) is 3.89 Å². The molecule has 0 aromatic carbocycles. The fourth-order valence-electron chi connectivity index (χ4n) is 1.63. The van der Waals surface area contributed by atoms with Gasteiger partial charge in [-0.25, -0.2) is 14.8 Å². The molecule has 10 heteroatoms. The molecular weight excluding hydrogens is 281 g/mol. The number of hydrogen-bond donors (Lipinski definition) is 1. The van der Waals surface area contributed by atoms with Crippen LogP contribution in [0.25, 0.3) is 0 Å². The summed E-state index contributed by atoms with van der Waals surface area (Å²) < 4.78 is 34.3. The Morgan fingerprint density at radius 1 is 1.42 bits per heavy atom. The molecule has 1 amide bonds. The third kappa shape index (κ3) is 2.67. The highest BCUT2D eigenvalue weighted by Gasteiger charge is 2.40. The van der Waals surface area contributed by atoms with Crippen LogP contribution >= 0.6 is 0 Å². The van der Waals surface area contributed by atoms with E-state index in [2.05, 4.69) is 9.97 Å². The summed E-state index contributed by atoms with van der Waals surface area (Å²) in [4.78, 5) is 30.3. The lowest BCUT2D eigenvalue weighted by molar-refractivity contribution is -0.117. The van der Waals surface area contributed by atoms with Crippen molar-refractivity contribution in [3.05, 3.63) is 18.0 Å². The van der Waals surface area contributed by atoms with E-state index in [9.17, 15) is 21.9 Å². The van der Waals surface area contributed by atoms with E-state index in [1.807, 2.05) is 0 Å². The second-order valence-electron chi connectivity index (χ2n) is 3.88. The number of halogens is 1. The van der Waals surface area contributed by atoms with Crippen molar-refractivity contribution in [2.24, 2.45) is 0 Å². The van der Waals surface area contributed by atoms with E-state index < -0.39 is 33.8 Å². The summed E-state index contributed by atoms with van der Waals surface area (Å²) in [6.07, 6.45) is 1.48. The maximum absolute atomic E-state index is 12.8. The molecule has 1 N–H and O–H groups in total. The minimum absolute atomic E-state index is 0.152. The molecule has 1 unspecified atom stereocenters. The standard InChI is InChI=1S/C9H8FN3O5S/c10-19(17,18)6-1-7(14)13(4-6)9-11-2-5(3-12-9)8(15)16/h2-3,6H,1,4H2,(H,15,16). The number of aromatic carboxylic acids is 1. The Labute approximate surface area is 107 Å². The Balaban J connectivity index is 2.23. The van der Waals surface area contributed by atoms with Crippen molar-refractivity contribution in [2.45, 2.75) is 11.7 Å². The summed E-state index contributed by atoms with van der Waals surface area (Å²) in [5.74, 6) is -2.01. The average Bonchev–Trinajstić information content (AvgIpc) is 2.71. The van der Waals surface area contributed by atoms with Gasteiger partial charge in [0, 0.05) is 25.4 Å². The van der Waals surface area contributed by atoms with Crippen molar-refractivity contribution in [3.63, 3.8) is 0 Å². The first-order chi connectivity index (χ1) is 8.79. The number of rotatable bonds is 3. The summed E-state index contributed by atoms with van der Waals surface area (Å²) in [5.41, 5.74) is -0.176. The van der Waals surface area contributed by atoms with Crippen molar-refractivity contribution in [3.8, 4) is 0 Å². The molecule has 8 nitrogen and oxygen atoms in total. The van der Waals surface area contributed by atoms with E-state index in [0.717, 1.165) is 17.3 Å². The average molecular weight is 289 g/mol. The lowest BCUT2D eigenvalue weighted by atomic mass is 10.3. The van der Waals surface area contributed by atoms with Crippen molar-refractivity contribution >= 4 is 28.0 Å². The summed E-state index contributed by atoms with van der Waals surface area (Å²) in [6, 6.07) is 0. The highest BCUT2D eigenvalue weighted by molar-refractivity contribution is 7.87. The topological polar surface area (TPSA) is 118 Å². The number of carboxylic acids is 1. The van der Waals surface area contributed by atoms with Gasteiger partial charge in [0.1, 0.15) is 5.25 Å². The minimum atomic E-state index is -4.81. The number of carboxylic acid groups (broad SMARTS) is 1. The molecule has 102 valence electrons. The minimum Gasteiger partial charge on any atom is -0.478 e. The van der Waals surface area contributed by atoms with Crippen LogP contribution in [0.2, 0.25) is 0 Å². The molecule has 0 radical (unpaired) electrons. The van der Waals surface area contributed by atoms with Crippen LogP contribution in [0, 0.1) is 0 Å². The largest absolute Gasteiger partial charge is 0.478 e. The van der Waals surface area contributed by atoms with Crippen LogP contribution in [0.4, 0.5) is 9.83 Å². The Kier molecular flexibility index (Phi) is 3.18. The Hall–Kier alpha value is -2.10. The second kappa shape index (κ2) is 4.53. The normalized spacial score (nSPS) is 19.7. The first-order valence-electron chi connectivity index (χ1n) is 5.08. The van der Waals surface area contributed by atoms with Crippen LogP contribution in [0.3, 0.4) is 0 Å². The fraction of sp³-hybridized carbons (Fsp3) is 0.333. The van der Waals surface area contributed by atoms with Gasteiger partial charge < -0.3 is 5.11 Å². The molecule has 19 heavy (non-hydrogen) atoms. The van der Waals surface area contributed by atoms with Gasteiger partial charge in [-0.1, -0.05) is 0 Å². The fourth-order valence-corrected chi connectivity index (χ4v) is 2.30. The zero-order valence-corrected chi connectivity index (χ0v) is 10.2. The third-order valence-corrected chi connectivity index (χ3v) is 3.73. The number of carbonyl (C=O) groups is 2. The predicted octanol–water partition coefficient (Wildman–Crippen LogP) is -0.421. The molecule has 1 aromatic heterocycles. The summed E-state index contributed by atoms with van der Waals surface area (Å²) in [7, 11) is -4.81. The van der Waals surface area contributed by atoms with Gasteiger partial charge >= 0.3 is 16.2 Å². The predicted molar refractivity (Wildman–Crippen MR) is 59.8 cm³/mol. The van der Waals surface area contributed by atoms with E-state index in [0.29, 0.717) is 0 Å². The quantitative estimate of drug-likeness (QED) is 0.751. The Bertz CT molecular complexity index is 630. The highest BCUT2D eigenvalue weighted by Crippen LogP contribution is 2.23. The first kappa shape index (κ1) is 13.3.